The number of ether oxygens (including phenoxy) is 2. The van der Waals surface area contributed by atoms with Crippen molar-refractivity contribution in [2.75, 3.05) is 0 Å². The van der Waals surface area contributed by atoms with Gasteiger partial charge in [-0.15, -0.1) is 0 Å². The highest BCUT2D eigenvalue weighted by atomic mass is 16.5. The molecule has 1 spiro atoms. The highest BCUT2D eigenvalue weighted by molar-refractivity contribution is 6.06. The van der Waals surface area contributed by atoms with E-state index in [0.29, 0.717) is 11.8 Å². The highest BCUT2D eigenvalue weighted by Crippen LogP contribution is 2.71. The van der Waals surface area contributed by atoms with Crippen molar-refractivity contribution in [1.29, 1.82) is 0 Å². The molecule has 1 aromatic rings. The van der Waals surface area contributed by atoms with Crippen molar-refractivity contribution >= 4 is 17.5 Å². The van der Waals surface area contributed by atoms with Crippen molar-refractivity contribution in [3.8, 4) is 5.75 Å². The molecule has 2 aliphatic heterocycles. The second-order valence-corrected chi connectivity index (χ2v) is 14.8. The smallest absolute Gasteiger partial charge is 0.340 e. The van der Waals surface area contributed by atoms with Crippen molar-refractivity contribution in [2.24, 2.45) is 40.9 Å². The lowest BCUT2D eigenvalue weighted by Gasteiger charge is -2.56. The van der Waals surface area contributed by atoms with Gasteiger partial charge in [0.05, 0.1) is 11.0 Å². The van der Waals surface area contributed by atoms with Crippen LogP contribution in [0.2, 0.25) is 0 Å². The molecule has 3 fully saturated rings. The first-order valence-electron chi connectivity index (χ1n) is 17.5. The standard InChI is InChI=1S/C39H48O5/c1-4-24(16-15-23(2)3)21-32-39-20-19-28(33(36(39)38(42)44-32)26-12-8-13-27(40)22-26)29-17-18-30-31(43-37(41)34(30)35(29)39)14-7-11-25-9-5-6-10-25/h8,12-14,21-25,28-29,35,40H,4-7,9-11,15-20H2,1-3H3/b31-14?,32-21-/t24-,28+,29-,35+,39+/m0/s1. The molecule has 7 aliphatic rings. The minimum atomic E-state index is -0.679. The van der Waals surface area contributed by atoms with Gasteiger partial charge in [-0.3, -0.25) is 0 Å². The topological polar surface area (TPSA) is 72.8 Å². The molecule has 1 saturated heterocycles. The van der Waals surface area contributed by atoms with Crippen molar-refractivity contribution in [1.82, 2.24) is 0 Å². The van der Waals surface area contributed by atoms with Crippen LogP contribution in [0, 0.1) is 40.9 Å². The second-order valence-electron chi connectivity index (χ2n) is 14.8. The molecule has 5 atom stereocenters. The Balaban J connectivity index is 1.35. The number of esters is 2. The van der Waals surface area contributed by atoms with Crippen LogP contribution >= 0.6 is 0 Å². The first-order valence-corrected chi connectivity index (χ1v) is 17.5. The van der Waals surface area contributed by atoms with Gasteiger partial charge < -0.3 is 14.6 Å². The Bertz CT molecular complexity index is 1470. The maximum Gasteiger partial charge on any atom is 0.340 e. The fourth-order valence-electron chi connectivity index (χ4n) is 9.83. The van der Waals surface area contributed by atoms with E-state index in [-0.39, 0.29) is 35.4 Å². The van der Waals surface area contributed by atoms with E-state index in [1.807, 2.05) is 12.1 Å². The number of cyclic esters (lactones) is 2. The Morgan fingerprint density at radius 2 is 1.84 bits per heavy atom. The van der Waals surface area contributed by atoms with Crippen LogP contribution < -0.4 is 0 Å². The normalized spacial score (nSPS) is 32.0. The summed E-state index contributed by atoms with van der Waals surface area (Å²) in [6.07, 6.45) is 18.5. The molecule has 5 aliphatic carbocycles. The van der Waals surface area contributed by atoms with Crippen LogP contribution in [0.5, 0.6) is 5.75 Å². The second kappa shape index (κ2) is 11.7. The van der Waals surface area contributed by atoms with Crippen molar-refractivity contribution in [2.45, 2.75) is 104 Å². The molecule has 234 valence electrons. The Hall–Kier alpha value is -3.08. The summed E-state index contributed by atoms with van der Waals surface area (Å²) in [6.45, 7) is 6.72. The average molecular weight is 597 g/mol. The molecule has 5 heteroatoms. The Kier molecular flexibility index (Phi) is 7.87. The van der Waals surface area contributed by atoms with Gasteiger partial charge in [0.1, 0.15) is 17.3 Å². The quantitative estimate of drug-likeness (QED) is 0.288. The predicted octanol–water partition coefficient (Wildman–Crippen LogP) is 9.19. The molecule has 0 unspecified atom stereocenters. The SMILES string of the molecule is CC[C@H](/C=C1\OC(=O)C2=C(c3cccc(O)c3)[C@@H]3CC[C@@]21[C@H]1C2=C(CC[C@@H]31)C(=CCCC1CCCC1)OC2=O)CCC(C)C. The molecule has 1 aromatic carbocycles. The van der Waals surface area contributed by atoms with Crippen molar-refractivity contribution < 1.29 is 24.2 Å². The van der Waals surface area contributed by atoms with Crippen LogP contribution in [0.15, 0.2) is 64.7 Å². The first kappa shape index (κ1) is 29.6. The summed E-state index contributed by atoms with van der Waals surface area (Å²) in [7, 11) is 0. The number of phenolic OH excluding ortho intramolecular Hbond substituents is 1. The summed E-state index contributed by atoms with van der Waals surface area (Å²) < 4.78 is 12.4. The lowest BCUT2D eigenvalue weighted by Crippen LogP contribution is -2.52. The lowest BCUT2D eigenvalue weighted by molar-refractivity contribution is -0.135. The number of carbonyl (C=O) groups excluding carboxylic acids is 2. The van der Waals surface area contributed by atoms with Crippen LogP contribution in [0.4, 0.5) is 0 Å². The zero-order valence-corrected chi connectivity index (χ0v) is 26.7. The van der Waals surface area contributed by atoms with Gasteiger partial charge in [-0.2, -0.15) is 0 Å². The monoisotopic (exact) mass is 596 g/mol. The van der Waals surface area contributed by atoms with Gasteiger partial charge in [-0.25, -0.2) is 9.59 Å². The molecule has 2 heterocycles. The van der Waals surface area contributed by atoms with E-state index in [1.54, 1.807) is 12.1 Å². The van der Waals surface area contributed by atoms with Gasteiger partial charge in [-0.1, -0.05) is 65.0 Å². The molecular formula is C39H48O5. The van der Waals surface area contributed by atoms with E-state index in [9.17, 15) is 14.7 Å². The average Bonchev–Trinajstić information content (AvgIpc) is 3.72. The zero-order valence-electron chi connectivity index (χ0n) is 26.7. The molecule has 1 N–H and O–H groups in total. The molecule has 44 heavy (non-hydrogen) atoms. The summed E-state index contributed by atoms with van der Waals surface area (Å²) in [5.41, 5.74) is 3.87. The highest BCUT2D eigenvalue weighted by Gasteiger charge is 2.68. The fourth-order valence-corrected chi connectivity index (χ4v) is 9.83. The van der Waals surface area contributed by atoms with Crippen LogP contribution in [-0.2, 0) is 19.1 Å². The van der Waals surface area contributed by atoms with Crippen LogP contribution in [0.1, 0.15) is 110 Å². The number of hydrogen-bond acceptors (Lipinski definition) is 5. The number of hydrogen-bond donors (Lipinski definition) is 1. The largest absolute Gasteiger partial charge is 0.508 e. The predicted molar refractivity (Wildman–Crippen MR) is 171 cm³/mol. The van der Waals surface area contributed by atoms with Gasteiger partial charge in [0.2, 0.25) is 0 Å². The molecule has 5 nitrogen and oxygen atoms in total. The maximum atomic E-state index is 14.1. The number of fused-ring (bicyclic) bond motifs is 1. The summed E-state index contributed by atoms with van der Waals surface area (Å²) in [6, 6.07) is 7.35. The number of benzene rings is 1. The maximum absolute atomic E-state index is 14.1. The molecule has 0 aromatic heterocycles. The molecule has 2 saturated carbocycles. The first-order chi connectivity index (χ1) is 21.3. The van der Waals surface area contributed by atoms with Gasteiger partial charge in [0, 0.05) is 17.1 Å². The summed E-state index contributed by atoms with van der Waals surface area (Å²) in [5.74, 6) is 3.16. The van der Waals surface area contributed by atoms with Gasteiger partial charge in [0.25, 0.3) is 0 Å². The Morgan fingerprint density at radius 3 is 2.59 bits per heavy atom. The number of rotatable bonds is 9. The molecule has 2 bridgehead atoms. The van der Waals surface area contributed by atoms with Gasteiger partial charge in [-0.05, 0) is 116 Å². The molecule has 0 radical (unpaired) electrons. The number of aromatic hydroxyl groups is 1. The summed E-state index contributed by atoms with van der Waals surface area (Å²) in [4.78, 5) is 27.9. The number of carbonyl (C=O) groups is 2. The van der Waals surface area contributed by atoms with E-state index in [4.69, 9.17) is 9.47 Å². The van der Waals surface area contributed by atoms with Crippen LogP contribution in [0.3, 0.4) is 0 Å². The van der Waals surface area contributed by atoms with E-state index >= 15 is 0 Å². The summed E-state index contributed by atoms with van der Waals surface area (Å²) in [5, 5.41) is 10.5. The van der Waals surface area contributed by atoms with Crippen LogP contribution in [-0.4, -0.2) is 17.0 Å². The van der Waals surface area contributed by atoms with E-state index in [1.165, 1.54) is 25.7 Å². The third-order valence-electron chi connectivity index (χ3n) is 11.9. The third-order valence-corrected chi connectivity index (χ3v) is 11.9. The van der Waals surface area contributed by atoms with Gasteiger partial charge >= 0.3 is 11.9 Å². The van der Waals surface area contributed by atoms with E-state index in [0.717, 1.165) is 103 Å². The minimum Gasteiger partial charge on any atom is -0.508 e. The Labute approximate surface area is 262 Å². The lowest BCUT2D eigenvalue weighted by atomic mass is 9.44. The van der Waals surface area contributed by atoms with Gasteiger partial charge in [0.15, 0.2) is 0 Å². The molecular weight excluding hydrogens is 548 g/mol. The Morgan fingerprint density at radius 1 is 1.02 bits per heavy atom. The number of phenols is 1. The van der Waals surface area contributed by atoms with Crippen molar-refractivity contribution in [3.05, 3.63) is 70.2 Å². The fraction of sp³-hybridized carbons (Fsp3) is 0.590. The molecule has 0 amide bonds. The minimum absolute atomic E-state index is 0.130. The zero-order chi connectivity index (χ0) is 30.6. The third kappa shape index (κ3) is 4.81. The van der Waals surface area contributed by atoms with E-state index in [2.05, 4.69) is 32.9 Å². The van der Waals surface area contributed by atoms with E-state index < -0.39 is 5.41 Å². The number of allylic oxidation sites excluding steroid dienone is 5. The molecule has 8 rings (SSSR count). The summed E-state index contributed by atoms with van der Waals surface area (Å²) >= 11 is 0. The van der Waals surface area contributed by atoms with Crippen molar-refractivity contribution in [3.63, 3.8) is 0 Å². The van der Waals surface area contributed by atoms with Crippen LogP contribution in [0.25, 0.3) is 5.57 Å².